The molecule has 1 rings (SSSR count). The number of carbonyl (C=O) groups is 1. The number of anilines is 1. The van der Waals surface area contributed by atoms with Gasteiger partial charge in [-0.25, -0.2) is 4.79 Å². The van der Waals surface area contributed by atoms with Gasteiger partial charge in [0, 0.05) is 13.7 Å². The van der Waals surface area contributed by atoms with Gasteiger partial charge in [-0.1, -0.05) is 6.92 Å². The highest BCUT2D eigenvalue weighted by molar-refractivity contribution is 5.89. The Kier molecular flexibility index (Phi) is 5.45. The lowest BCUT2D eigenvalue weighted by Gasteiger charge is -2.15. The summed E-state index contributed by atoms with van der Waals surface area (Å²) in [4.78, 5) is 10.9. The molecule has 0 aliphatic heterocycles. The largest absolute Gasteiger partial charge is 0.495 e. The molecule has 1 aromatic rings. The summed E-state index contributed by atoms with van der Waals surface area (Å²) in [6.07, 6.45) is 0. The molecule has 0 aromatic heterocycles. The van der Waals surface area contributed by atoms with Crippen molar-refractivity contribution in [3.05, 3.63) is 23.8 Å². The molecule has 0 radical (unpaired) electrons. The van der Waals surface area contributed by atoms with Gasteiger partial charge in [0.05, 0.1) is 25.0 Å². The van der Waals surface area contributed by atoms with Gasteiger partial charge in [-0.15, -0.1) is 0 Å². The van der Waals surface area contributed by atoms with Gasteiger partial charge in [-0.05, 0) is 24.1 Å². The first-order valence-corrected chi connectivity index (χ1v) is 5.72. The topological polar surface area (TPSA) is 67.8 Å². The van der Waals surface area contributed by atoms with Crippen LogP contribution in [-0.4, -0.2) is 38.4 Å². The Morgan fingerprint density at radius 1 is 1.44 bits per heavy atom. The van der Waals surface area contributed by atoms with Crippen LogP contribution in [0, 0.1) is 5.92 Å². The van der Waals surface area contributed by atoms with Crippen molar-refractivity contribution in [2.24, 2.45) is 5.92 Å². The van der Waals surface area contributed by atoms with Crippen LogP contribution >= 0.6 is 0 Å². The molecule has 0 heterocycles. The van der Waals surface area contributed by atoms with E-state index in [9.17, 15) is 4.79 Å². The average Bonchev–Trinajstić information content (AvgIpc) is 2.36. The van der Waals surface area contributed by atoms with E-state index < -0.39 is 5.97 Å². The summed E-state index contributed by atoms with van der Waals surface area (Å²) < 4.78 is 10.2. The fraction of sp³-hybridized carbons (Fsp3) is 0.462. The van der Waals surface area contributed by atoms with Crippen molar-refractivity contribution in [2.45, 2.75) is 6.92 Å². The minimum Gasteiger partial charge on any atom is -0.495 e. The second-order valence-electron chi connectivity index (χ2n) is 4.16. The summed E-state index contributed by atoms with van der Waals surface area (Å²) in [6, 6.07) is 4.73. The Balaban J connectivity index is 2.78. The van der Waals surface area contributed by atoms with E-state index in [0.717, 1.165) is 0 Å². The first kappa shape index (κ1) is 14.3. The molecule has 0 aliphatic carbocycles. The number of hydrogen-bond donors (Lipinski definition) is 2. The molecule has 0 amide bonds. The van der Waals surface area contributed by atoms with Gasteiger partial charge in [0.1, 0.15) is 5.75 Å². The molecule has 0 fully saturated rings. The molecule has 0 saturated heterocycles. The number of nitrogens with one attached hydrogen (secondary N) is 1. The van der Waals surface area contributed by atoms with Crippen molar-refractivity contribution in [3.63, 3.8) is 0 Å². The van der Waals surface area contributed by atoms with Crippen molar-refractivity contribution in [2.75, 3.05) is 32.7 Å². The van der Waals surface area contributed by atoms with Crippen LogP contribution < -0.4 is 10.1 Å². The molecule has 18 heavy (non-hydrogen) atoms. The maximum Gasteiger partial charge on any atom is 0.335 e. The van der Waals surface area contributed by atoms with E-state index in [1.807, 2.05) is 6.92 Å². The van der Waals surface area contributed by atoms with Crippen LogP contribution in [0.4, 0.5) is 5.69 Å². The summed E-state index contributed by atoms with van der Waals surface area (Å²) >= 11 is 0. The van der Waals surface area contributed by atoms with E-state index in [1.165, 1.54) is 6.07 Å². The smallest absolute Gasteiger partial charge is 0.335 e. The van der Waals surface area contributed by atoms with E-state index in [1.54, 1.807) is 26.4 Å². The van der Waals surface area contributed by atoms with Gasteiger partial charge in [0.25, 0.3) is 0 Å². The molecule has 0 bridgehead atoms. The summed E-state index contributed by atoms with van der Waals surface area (Å²) in [5.41, 5.74) is 0.915. The fourth-order valence-corrected chi connectivity index (χ4v) is 1.61. The van der Waals surface area contributed by atoms with Gasteiger partial charge in [0.15, 0.2) is 0 Å². The number of ether oxygens (including phenoxy) is 2. The molecule has 1 aromatic carbocycles. The fourth-order valence-electron chi connectivity index (χ4n) is 1.61. The molecule has 1 unspecified atom stereocenters. The maximum atomic E-state index is 10.9. The molecule has 5 nitrogen and oxygen atoms in total. The minimum atomic E-state index is -0.953. The normalized spacial score (nSPS) is 11.9. The SMILES string of the molecule is COCC(C)CNc1cc(C(=O)O)ccc1OC. The highest BCUT2D eigenvalue weighted by Crippen LogP contribution is 2.25. The molecule has 0 aliphatic rings. The maximum absolute atomic E-state index is 10.9. The van der Waals surface area contributed by atoms with Crippen LogP contribution in [0.25, 0.3) is 0 Å². The van der Waals surface area contributed by atoms with Gasteiger partial charge in [-0.2, -0.15) is 0 Å². The molecule has 100 valence electrons. The van der Waals surface area contributed by atoms with E-state index in [2.05, 4.69) is 5.32 Å². The number of benzene rings is 1. The Morgan fingerprint density at radius 3 is 2.72 bits per heavy atom. The molecular weight excluding hydrogens is 234 g/mol. The van der Waals surface area contributed by atoms with E-state index in [0.29, 0.717) is 30.5 Å². The zero-order valence-electron chi connectivity index (χ0n) is 10.9. The second kappa shape index (κ2) is 6.86. The number of carboxylic acid groups (broad SMARTS) is 1. The summed E-state index contributed by atoms with van der Waals surface area (Å²) in [5.74, 6) is 0.00319. The van der Waals surface area contributed by atoms with Gasteiger partial charge in [-0.3, -0.25) is 0 Å². The Bertz CT molecular complexity index is 406. The molecule has 0 spiro atoms. The number of rotatable bonds is 7. The molecule has 5 heteroatoms. The standard InChI is InChI=1S/C13H19NO4/c1-9(8-17-2)7-14-11-6-10(13(15)16)4-5-12(11)18-3/h4-6,9,14H,7-8H2,1-3H3,(H,15,16). The zero-order valence-corrected chi connectivity index (χ0v) is 10.9. The quantitative estimate of drug-likeness (QED) is 0.778. The highest BCUT2D eigenvalue weighted by Gasteiger charge is 2.09. The predicted molar refractivity (Wildman–Crippen MR) is 69.5 cm³/mol. The number of methoxy groups -OCH3 is 2. The van der Waals surface area contributed by atoms with Crippen molar-refractivity contribution in [1.82, 2.24) is 0 Å². The van der Waals surface area contributed by atoms with Crippen molar-refractivity contribution in [3.8, 4) is 5.75 Å². The lowest BCUT2D eigenvalue weighted by atomic mass is 10.1. The van der Waals surface area contributed by atoms with Crippen LogP contribution in [0.5, 0.6) is 5.75 Å². The van der Waals surface area contributed by atoms with Crippen molar-refractivity contribution < 1.29 is 19.4 Å². The van der Waals surface area contributed by atoms with Crippen LogP contribution in [0.1, 0.15) is 17.3 Å². The molecule has 1 atom stereocenters. The number of carboxylic acids is 1. The van der Waals surface area contributed by atoms with E-state index >= 15 is 0 Å². The first-order valence-electron chi connectivity index (χ1n) is 5.72. The minimum absolute atomic E-state index is 0.234. The van der Waals surface area contributed by atoms with Crippen LogP contribution in [0.15, 0.2) is 18.2 Å². The van der Waals surface area contributed by atoms with E-state index in [4.69, 9.17) is 14.6 Å². The predicted octanol–water partition coefficient (Wildman–Crippen LogP) is 2.09. The first-order chi connectivity index (χ1) is 8.58. The third-order valence-corrected chi connectivity index (χ3v) is 2.54. The average molecular weight is 253 g/mol. The monoisotopic (exact) mass is 253 g/mol. The Morgan fingerprint density at radius 2 is 2.17 bits per heavy atom. The van der Waals surface area contributed by atoms with Gasteiger partial charge < -0.3 is 19.9 Å². The van der Waals surface area contributed by atoms with Crippen molar-refractivity contribution in [1.29, 1.82) is 0 Å². The lowest BCUT2D eigenvalue weighted by molar-refractivity contribution is 0.0697. The summed E-state index contributed by atoms with van der Waals surface area (Å²) in [7, 11) is 3.21. The number of aromatic carboxylic acids is 1. The molecule has 2 N–H and O–H groups in total. The number of hydrogen-bond acceptors (Lipinski definition) is 4. The van der Waals surface area contributed by atoms with E-state index in [-0.39, 0.29) is 5.56 Å². The highest BCUT2D eigenvalue weighted by atomic mass is 16.5. The van der Waals surface area contributed by atoms with Gasteiger partial charge in [0.2, 0.25) is 0 Å². The van der Waals surface area contributed by atoms with Crippen LogP contribution in [0.3, 0.4) is 0 Å². The van der Waals surface area contributed by atoms with Crippen molar-refractivity contribution >= 4 is 11.7 Å². The molecule has 0 saturated carbocycles. The Labute approximate surface area is 107 Å². The second-order valence-corrected chi connectivity index (χ2v) is 4.16. The Hall–Kier alpha value is -1.75. The summed E-state index contributed by atoms with van der Waals surface area (Å²) in [5, 5.41) is 12.1. The van der Waals surface area contributed by atoms with Crippen LogP contribution in [0.2, 0.25) is 0 Å². The third-order valence-electron chi connectivity index (χ3n) is 2.54. The summed E-state index contributed by atoms with van der Waals surface area (Å²) in [6.45, 7) is 3.38. The molecular formula is C13H19NO4. The van der Waals surface area contributed by atoms with Gasteiger partial charge >= 0.3 is 5.97 Å². The zero-order chi connectivity index (χ0) is 13.5. The lowest BCUT2D eigenvalue weighted by Crippen LogP contribution is -2.16. The van der Waals surface area contributed by atoms with Crippen LogP contribution in [-0.2, 0) is 4.74 Å². The third kappa shape index (κ3) is 3.92.